The Balaban J connectivity index is 1.47. The number of hydrogen-bond acceptors (Lipinski definition) is 4. The zero-order chi connectivity index (χ0) is 20.1. The van der Waals surface area contributed by atoms with E-state index in [0.29, 0.717) is 24.3 Å². The molecule has 1 atom stereocenters. The number of amides is 2. The molecule has 1 N–H and O–H groups in total. The van der Waals surface area contributed by atoms with Gasteiger partial charge < -0.3 is 19.7 Å². The number of nitrogens with one attached hydrogen (secondary N) is 1. The maximum atomic E-state index is 12.8. The van der Waals surface area contributed by atoms with Crippen molar-refractivity contribution in [1.29, 1.82) is 0 Å². The standard InChI is InChI=1S/C22H32N2O4/c1-4-16(15-23-21(26)28-3)20(25)24-11-9-22(10-12-24)13-18(14-22)17-5-7-19(27-2)8-6-17/h5-8,16,18H,4,9-15H2,1-3H3,(H,23,26)/t16-/m1/s1. The predicted octanol–water partition coefficient (Wildman–Crippen LogP) is 3.56. The molecule has 1 heterocycles. The quantitative estimate of drug-likeness (QED) is 0.809. The number of nitrogens with zero attached hydrogens (tertiary/aromatic N) is 1. The summed E-state index contributed by atoms with van der Waals surface area (Å²) in [5.41, 5.74) is 1.79. The van der Waals surface area contributed by atoms with Crippen molar-refractivity contribution in [3.05, 3.63) is 29.8 Å². The van der Waals surface area contributed by atoms with E-state index in [1.165, 1.54) is 25.5 Å². The third-order valence-corrected chi connectivity index (χ3v) is 6.60. The van der Waals surface area contributed by atoms with E-state index in [9.17, 15) is 9.59 Å². The predicted molar refractivity (Wildman–Crippen MR) is 107 cm³/mol. The summed E-state index contributed by atoms with van der Waals surface area (Å²) < 4.78 is 9.84. The van der Waals surface area contributed by atoms with Gasteiger partial charge in [-0.2, -0.15) is 0 Å². The molecule has 6 heteroatoms. The van der Waals surface area contributed by atoms with E-state index < -0.39 is 6.09 Å². The van der Waals surface area contributed by atoms with Crippen LogP contribution in [0.25, 0.3) is 0 Å². The molecule has 1 spiro atoms. The first-order chi connectivity index (χ1) is 13.5. The molecule has 0 radical (unpaired) electrons. The van der Waals surface area contributed by atoms with E-state index in [2.05, 4.69) is 22.2 Å². The monoisotopic (exact) mass is 388 g/mol. The molecule has 28 heavy (non-hydrogen) atoms. The molecule has 0 bridgehead atoms. The normalized spacial score (nSPS) is 19.6. The van der Waals surface area contributed by atoms with Crippen LogP contribution < -0.4 is 10.1 Å². The maximum absolute atomic E-state index is 12.8. The van der Waals surface area contributed by atoms with Gasteiger partial charge in [0.2, 0.25) is 5.91 Å². The van der Waals surface area contributed by atoms with Crippen molar-refractivity contribution in [2.75, 3.05) is 33.9 Å². The number of hydrogen-bond donors (Lipinski definition) is 1. The van der Waals surface area contributed by atoms with Crippen LogP contribution in [0, 0.1) is 11.3 Å². The highest BCUT2D eigenvalue weighted by molar-refractivity contribution is 5.80. The molecule has 2 fully saturated rings. The fourth-order valence-corrected chi connectivity index (χ4v) is 4.65. The molecule has 0 aromatic heterocycles. The van der Waals surface area contributed by atoms with E-state index in [4.69, 9.17) is 4.74 Å². The summed E-state index contributed by atoms with van der Waals surface area (Å²) in [6.07, 6.45) is 4.80. The number of methoxy groups -OCH3 is 2. The topological polar surface area (TPSA) is 67.9 Å². The van der Waals surface area contributed by atoms with E-state index in [0.717, 1.165) is 31.7 Å². The van der Waals surface area contributed by atoms with E-state index in [-0.39, 0.29) is 11.8 Å². The second-order valence-corrected chi connectivity index (χ2v) is 8.18. The van der Waals surface area contributed by atoms with Crippen LogP contribution in [0.5, 0.6) is 5.75 Å². The Morgan fingerprint density at radius 2 is 1.82 bits per heavy atom. The molecular formula is C22H32N2O4. The fraction of sp³-hybridized carbons (Fsp3) is 0.636. The molecule has 1 aliphatic heterocycles. The van der Waals surface area contributed by atoms with Gasteiger partial charge in [-0.1, -0.05) is 19.1 Å². The number of carbonyl (C=O) groups is 2. The van der Waals surface area contributed by atoms with E-state index >= 15 is 0 Å². The number of piperidine rings is 1. The minimum absolute atomic E-state index is 0.153. The number of likely N-dealkylation sites (tertiary alicyclic amines) is 1. The molecule has 1 aliphatic carbocycles. The van der Waals surface area contributed by atoms with Crippen LogP contribution >= 0.6 is 0 Å². The number of benzene rings is 1. The lowest BCUT2D eigenvalue weighted by Gasteiger charge is -2.52. The number of ether oxygens (including phenoxy) is 2. The van der Waals surface area contributed by atoms with Crippen molar-refractivity contribution in [1.82, 2.24) is 10.2 Å². The van der Waals surface area contributed by atoms with E-state index in [1.807, 2.05) is 24.0 Å². The van der Waals surface area contributed by atoms with Crippen molar-refractivity contribution >= 4 is 12.0 Å². The lowest BCUT2D eigenvalue weighted by atomic mass is 9.56. The summed E-state index contributed by atoms with van der Waals surface area (Å²) in [6, 6.07) is 8.42. The zero-order valence-electron chi connectivity index (χ0n) is 17.2. The third-order valence-electron chi connectivity index (χ3n) is 6.60. The molecule has 1 aromatic rings. The highest BCUT2D eigenvalue weighted by Gasteiger charge is 2.46. The van der Waals surface area contributed by atoms with Crippen LogP contribution in [-0.2, 0) is 9.53 Å². The van der Waals surface area contributed by atoms with Crippen LogP contribution in [0.2, 0.25) is 0 Å². The molecule has 1 saturated heterocycles. The van der Waals surface area contributed by atoms with Crippen LogP contribution in [0.4, 0.5) is 4.79 Å². The van der Waals surface area contributed by atoms with Gasteiger partial charge in [-0.05, 0) is 61.1 Å². The van der Waals surface area contributed by atoms with Crippen molar-refractivity contribution in [2.45, 2.75) is 44.9 Å². The molecule has 154 valence electrons. The van der Waals surface area contributed by atoms with E-state index in [1.54, 1.807) is 7.11 Å². The summed E-state index contributed by atoms with van der Waals surface area (Å²) in [4.78, 5) is 26.1. The van der Waals surface area contributed by atoms with Crippen molar-refractivity contribution in [2.24, 2.45) is 11.3 Å². The number of carbonyl (C=O) groups excluding carboxylic acids is 2. The average molecular weight is 389 g/mol. The minimum atomic E-state index is -0.483. The van der Waals surface area contributed by atoms with Crippen LogP contribution in [-0.4, -0.2) is 50.8 Å². The van der Waals surface area contributed by atoms with Crippen LogP contribution in [0.3, 0.4) is 0 Å². The Labute approximate surface area is 167 Å². The summed E-state index contributed by atoms with van der Waals surface area (Å²) in [5.74, 6) is 1.50. The SMILES string of the molecule is CC[C@H](CNC(=O)OC)C(=O)N1CCC2(CC1)CC(c1ccc(OC)cc1)C2. The average Bonchev–Trinajstić information content (AvgIpc) is 2.72. The second kappa shape index (κ2) is 8.84. The van der Waals surface area contributed by atoms with Crippen LogP contribution in [0.15, 0.2) is 24.3 Å². The van der Waals surface area contributed by atoms with Crippen molar-refractivity contribution < 1.29 is 19.1 Å². The Kier molecular flexibility index (Phi) is 6.47. The summed E-state index contributed by atoms with van der Waals surface area (Å²) in [6.45, 7) is 3.97. The molecule has 2 amide bonds. The molecule has 6 nitrogen and oxygen atoms in total. The molecule has 1 saturated carbocycles. The molecular weight excluding hydrogens is 356 g/mol. The lowest BCUT2D eigenvalue weighted by molar-refractivity contribution is -0.139. The fourth-order valence-electron chi connectivity index (χ4n) is 4.65. The van der Waals surface area contributed by atoms with Gasteiger partial charge >= 0.3 is 6.09 Å². The summed E-state index contributed by atoms with van der Waals surface area (Å²) in [5, 5.41) is 2.66. The smallest absolute Gasteiger partial charge is 0.406 e. The summed E-state index contributed by atoms with van der Waals surface area (Å²) >= 11 is 0. The van der Waals surface area contributed by atoms with Gasteiger partial charge in [0, 0.05) is 19.6 Å². The first-order valence-electron chi connectivity index (χ1n) is 10.2. The summed E-state index contributed by atoms with van der Waals surface area (Å²) in [7, 11) is 3.02. The van der Waals surface area contributed by atoms with Gasteiger partial charge in [0.05, 0.1) is 20.1 Å². The highest BCUT2D eigenvalue weighted by atomic mass is 16.5. The Morgan fingerprint density at radius 1 is 1.18 bits per heavy atom. The lowest BCUT2D eigenvalue weighted by Crippen LogP contribution is -2.50. The Bertz CT molecular complexity index is 672. The maximum Gasteiger partial charge on any atom is 0.406 e. The Morgan fingerprint density at radius 3 is 2.36 bits per heavy atom. The highest BCUT2D eigenvalue weighted by Crippen LogP contribution is 2.56. The van der Waals surface area contributed by atoms with Crippen molar-refractivity contribution in [3.63, 3.8) is 0 Å². The van der Waals surface area contributed by atoms with Crippen molar-refractivity contribution in [3.8, 4) is 5.75 Å². The van der Waals surface area contributed by atoms with Gasteiger partial charge in [-0.3, -0.25) is 4.79 Å². The molecule has 0 unspecified atom stereocenters. The van der Waals surface area contributed by atoms with Gasteiger partial charge in [-0.15, -0.1) is 0 Å². The zero-order valence-corrected chi connectivity index (χ0v) is 17.2. The first kappa shape index (κ1) is 20.5. The molecule has 3 rings (SSSR count). The second-order valence-electron chi connectivity index (χ2n) is 8.18. The number of alkyl carbamates (subject to hydrolysis) is 1. The van der Waals surface area contributed by atoms with Gasteiger partial charge in [0.25, 0.3) is 0 Å². The first-order valence-corrected chi connectivity index (χ1v) is 10.2. The van der Waals surface area contributed by atoms with Gasteiger partial charge in [0.1, 0.15) is 5.75 Å². The molecule has 1 aromatic carbocycles. The largest absolute Gasteiger partial charge is 0.497 e. The minimum Gasteiger partial charge on any atom is -0.497 e. The van der Waals surface area contributed by atoms with Gasteiger partial charge in [0.15, 0.2) is 0 Å². The van der Waals surface area contributed by atoms with Gasteiger partial charge in [-0.25, -0.2) is 4.79 Å². The van der Waals surface area contributed by atoms with Crippen LogP contribution in [0.1, 0.15) is 50.5 Å². The molecule has 2 aliphatic rings. The number of rotatable bonds is 6. The third kappa shape index (κ3) is 4.42. The Hall–Kier alpha value is -2.24.